The molecule has 1 N–H and O–H groups in total. The number of aryl methyl sites for hydroxylation is 2. The van der Waals surface area contributed by atoms with Gasteiger partial charge in [-0.1, -0.05) is 53.4 Å². The average molecular weight is 360 g/mol. The molecule has 0 aliphatic heterocycles. The quantitative estimate of drug-likeness (QED) is 0.650. The summed E-state index contributed by atoms with van der Waals surface area (Å²) in [5.74, 6) is 1.03. The number of hydrogen-bond donors (Lipinski definition) is 1. The predicted molar refractivity (Wildman–Crippen MR) is 94.1 cm³/mol. The standard InChI is InChI=1S/C15H16N6OS2/c1-21-12(8-7-11-5-3-2-4-6-11)18-20-15(21)23-9-13(22)17-14-19-16-10-24-14/h2-6,10H,7-9H2,1H3,(H,17,19,22). The number of thioether (sulfide) groups is 1. The van der Waals surface area contributed by atoms with Gasteiger partial charge in [-0.3, -0.25) is 10.1 Å². The van der Waals surface area contributed by atoms with Gasteiger partial charge in [0, 0.05) is 13.5 Å². The summed E-state index contributed by atoms with van der Waals surface area (Å²) >= 11 is 2.64. The lowest BCUT2D eigenvalue weighted by Gasteiger charge is -2.04. The Balaban J connectivity index is 1.52. The maximum atomic E-state index is 11.9. The first-order chi connectivity index (χ1) is 11.7. The fraction of sp³-hybridized carbons (Fsp3) is 0.267. The molecule has 0 spiro atoms. The summed E-state index contributed by atoms with van der Waals surface area (Å²) < 4.78 is 1.94. The van der Waals surface area contributed by atoms with Crippen molar-refractivity contribution in [2.24, 2.45) is 7.05 Å². The monoisotopic (exact) mass is 360 g/mol. The minimum atomic E-state index is -0.134. The van der Waals surface area contributed by atoms with Crippen LogP contribution in [-0.4, -0.2) is 36.6 Å². The first-order valence-electron chi connectivity index (χ1n) is 7.33. The van der Waals surface area contributed by atoms with Gasteiger partial charge in [0.05, 0.1) is 5.75 Å². The Morgan fingerprint density at radius 3 is 2.79 bits per heavy atom. The van der Waals surface area contributed by atoms with Gasteiger partial charge in [-0.25, -0.2) is 0 Å². The maximum Gasteiger partial charge on any atom is 0.236 e. The molecule has 0 saturated carbocycles. The maximum absolute atomic E-state index is 11.9. The number of carbonyl (C=O) groups excluding carboxylic acids is 1. The molecular formula is C15H16N6OS2. The number of nitrogens with one attached hydrogen (secondary N) is 1. The fourth-order valence-corrected chi connectivity index (χ4v) is 3.29. The van der Waals surface area contributed by atoms with Gasteiger partial charge in [-0.2, -0.15) is 0 Å². The van der Waals surface area contributed by atoms with Crippen molar-refractivity contribution < 1.29 is 4.79 Å². The van der Waals surface area contributed by atoms with E-state index in [0.717, 1.165) is 23.8 Å². The van der Waals surface area contributed by atoms with Gasteiger partial charge >= 0.3 is 0 Å². The van der Waals surface area contributed by atoms with Crippen molar-refractivity contribution in [2.75, 3.05) is 11.1 Å². The summed E-state index contributed by atoms with van der Waals surface area (Å²) in [6.45, 7) is 0. The largest absolute Gasteiger partial charge is 0.309 e. The molecule has 7 nitrogen and oxygen atoms in total. The second kappa shape index (κ2) is 8.02. The number of hydrogen-bond acceptors (Lipinski definition) is 7. The van der Waals surface area contributed by atoms with Gasteiger partial charge in [-0.05, 0) is 12.0 Å². The number of benzene rings is 1. The Labute approximate surface area is 147 Å². The number of aromatic nitrogens is 5. The van der Waals surface area contributed by atoms with E-state index in [4.69, 9.17) is 0 Å². The Hall–Kier alpha value is -2.26. The molecule has 0 unspecified atom stereocenters. The molecule has 2 aromatic heterocycles. The van der Waals surface area contributed by atoms with E-state index in [1.54, 1.807) is 5.51 Å². The summed E-state index contributed by atoms with van der Waals surface area (Å²) in [5, 5.41) is 19.8. The van der Waals surface area contributed by atoms with Gasteiger partial charge in [-0.15, -0.1) is 20.4 Å². The molecule has 0 radical (unpaired) electrons. The van der Waals surface area contributed by atoms with Gasteiger partial charge < -0.3 is 4.57 Å². The van der Waals surface area contributed by atoms with Gasteiger partial charge in [0.2, 0.25) is 11.0 Å². The Kier molecular flexibility index (Phi) is 5.55. The molecule has 1 amide bonds. The zero-order chi connectivity index (χ0) is 16.8. The van der Waals surface area contributed by atoms with E-state index in [1.165, 1.54) is 28.7 Å². The predicted octanol–water partition coefficient (Wildman–Crippen LogP) is 2.18. The van der Waals surface area contributed by atoms with Crippen molar-refractivity contribution in [1.82, 2.24) is 25.0 Å². The molecule has 3 rings (SSSR count). The van der Waals surface area contributed by atoms with Crippen molar-refractivity contribution in [3.05, 3.63) is 47.2 Å². The molecule has 0 atom stereocenters. The summed E-state index contributed by atoms with van der Waals surface area (Å²) in [5.41, 5.74) is 2.84. The van der Waals surface area contributed by atoms with Crippen LogP contribution in [0.5, 0.6) is 0 Å². The molecule has 0 fully saturated rings. The molecule has 3 aromatic rings. The smallest absolute Gasteiger partial charge is 0.236 e. The molecule has 0 aliphatic rings. The van der Waals surface area contributed by atoms with Crippen molar-refractivity contribution in [2.45, 2.75) is 18.0 Å². The van der Waals surface area contributed by atoms with E-state index in [0.29, 0.717) is 5.13 Å². The fourth-order valence-electron chi connectivity index (χ4n) is 2.10. The number of carbonyl (C=O) groups is 1. The molecule has 124 valence electrons. The van der Waals surface area contributed by atoms with Gasteiger partial charge in [0.25, 0.3) is 0 Å². The number of rotatable bonds is 7. The van der Waals surface area contributed by atoms with Crippen LogP contribution in [0.1, 0.15) is 11.4 Å². The van der Waals surface area contributed by atoms with Crippen LogP contribution in [0.4, 0.5) is 5.13 Å². The van der Waals surface area contributed by atoms with E-state index in [-0.39, 0.29) is 11.7 Å². The minimum absolute atomic E-state index is 0.134. The molecule has 0 saturated heterocycles. The lowest BCUT2D eigenvalue weighted by atomic mass is 10.1. The Morgan fingerprint density at radius 2 is 2.04 bits per heavy atom. The van der Waals surface area contributed by atoms with Crippen molar-refractivity contribution in [3.8, 4) is 0 Å². The lowest BCUT2D eigenvalue weighted by molar-refractivity contribution is -0.113. The SMILES string of the molecule is Cn1c(CCc2ccccc2)nnc1SCC(=O)Nc1nncs1. The molecular weight excluding hydrogens is 344 g/mol. The molecule has 2 heterocycles. The highest BCUT2D eigenvalue weighted by Crippen LogP contribution is 2.17. The highest BCUT2D eigenvalue weighted by Gasteiger charge is 2.12. The van der Waals surface area contributed by atoms with Crippen LogP contribution >= 0.6 is 23.1 Å². The van der Waals surface area contributed by atoms with Crippen molar-refractivity contribution in [1.29, 1.82) is 0 Å². The summed E-state index contributed by atoms with van der Waals surface area (Å²) in [7, 11) is 1.92. The summed E-state index contributed by atoms with van der Waals surface area (Å²) in [4.78, 5) is 11.9. The molecule has 9 heteroatoms. The topological polar surface area (TPSA) is 85.6 Å². The Morgan fingerprint density at radius 1 is 1.21 bits per heavy atom. The minimum Gasteiger partial charge on any atom is -0.309 e. The van der Waals surface area contributed by atoms with E-state index >= 15 is 0 Å². The molecule has 1 aromatic carbocycles. The van der Waals surface area contributed by atoms with Crippen LogP contribution < -0.4 is 5.32 Å². The number of anilines is 1. The van der Waals surface area contributed by atoms with Crippen LogP contribution in [0.3, 0.4) is 0 Å². The van der Waals surface area contributed by atoms with E-state index in [9.17, 15) is 4.79 Å². The summed E-state index contributed by atoms with van der Waals surface area (Å²) in [6, 6.07) is 10.3. The van der Waals surface area contributed by atoms with Crippen LogP contribution in [-0.2, 0) is 24.7 Å². The summed E-state index contributed by atoms with van der Waals surface area (Å²) in [6.07, 6.45) is 1.72. The normalized spacial score (nSPS) is 10.7. The zero-order valence-electron chi connectivity index (χ0n) is 13.0. The van der Waals surface area contributed by atoms with E-state index in [2.05, 4.69) is 37.8 Å². The second-order valence-electron chi connectivity index (χ2n) is 5.02. The van der Waals surface area contributed by atoms with E-state index < -0.39 is 0 Å². The molecule has 0 bridgehead atoms. The van der Waals surface area contributed by atoms with Crippen LogP contribution in [0.15, 0.2) is 41.0 Å². The van der Waals surface area contributed by atoms with Crippen LogP contribution in [0.2, 0.25) is 0 Å². The first-order valence-corrected chi connectivity index (χ1v) is 9.20. The number of amides is 1. The zero-order valence-corrected chi connectivity index (χ0v) is 14.7. The van der Waals surface area contributed by atoms with Gasteiger partial charge in [0.15, 0.2) is 5.16 Å². The Bertz CT molecular complexity index is 788. The first kappa shape index (κ1) is 16.6. The van der Waals surface area contributed by atoms with Crippen LogP contribution in [0.25, 0.3) is 0 Å². The highest BCUT2D eigenvalue weighted by molar-refractivity contribution is 7.99. The third kappa shape index (κ3) is 4.39. The number of nitrogens with zero attached hydrogens (tertiary/aromatic N) is 5. The van der Waals surface area contributed by atoms with Gasteiger partial charge in [0.1, 0.15) is 11.3 Å². The second-order valence-corrected chi connectivity index (χ2v) is 6.80. The third-order valence-electron chi connectivity index (χ3n) is 3.34. The highest BCUT2D eigenvalue weighted by atomic mass is 32.2. The molecule has 24 heavy (non-hydrogen) atoms. The van der Waals surface area contributed by atoms with E-state index in [1.807, 2.05) is 29.8 Å². The average Bonchev–Trinajstić information content (AvgIpc) is 3.22. The molecule has 0 aliphatic carbocycles. The lowest BCUT2D eigenvalue weighted by Crippen LogP contribution is -2.14. The van der Waals surface area contributed by atoms with Crippen molar-refractivity contribution in [3.63, 3.8) is 0 Å². The van der Waals surface area contributed by atoms with Crippen LogP contribution in [0, 0.1) is 0 Å². The van der Waals surface area contributed by atoms with Crippen molar-refractivity contribution >= 4 is 34.1 Å². The third-order valence-corrected chi connectivity index (χ3v) is 4.97.